The number of hydrogen-bond acceptors (Lipinski definition) is 4. The van der Waals surface area contributed by atoms with Gasteiger partial charge in [0.1, 0.15) is 0 Å². The van der Waals surface area contributed by atoms with Gasteiger partial charge in [0.25, 0.3) is 0 Å². The van der Waals surface area contributed by atoms with Crippen LogP contribution in [0.4, 0.5) is 5.00 Å². The molecule has 1 aromatic heterocycles. The first kappa shape index (κ1) is 18.4. The maximum Gasteiger partial charge on any atom is 0.214 e. The second-order valence-electron chi connectivity index (χ2n) is 7.45. The minimum absolute atomic E-state index is 0.477. The molecule has 1 aliphatic heterocycles. The molecule has 2 N–H and O–H groups in total. The molecule has 4 nitrogen and oxygen atoms in total. The van der Waals surface area contributed by atoms with Crippen LogP contribution in [-0.2, 0) is 17.6 Å². The van der Waals surface area contributed by atoms with Crippen LogP contribution >= 0.6 is 11.3 Å². The number of anilines is 1. The summed E-state index contributed by atoms with van der Waals surface area (Å²) in [5.74, 6) is 0. The van der Waals surface area contributed by atoms with E-state index in [1.807, 2.05) is 0 Å². The summed E-state index contributed by atoms with van der Waals surface area (Å²) >= 11 is 1.75. The minimum Gasteiger partial charge on any atom is -0.329 e. The Bertz CT molecular complexity index is 860. The van der Waals surface area contributed by atoms with E-state index >= 15 is 0 Å². The van der Waals surface area contributed by atoms with Crippen molar-refractivity contribution in [3.05, 3.63) is 57.5 Å². The predicted octanol–water partition coefficient (Wildman–Crippen LogP) is 3.30. The van der Waals surface area contributed by atoms with Gasteiger partial charge in [0, 0.05) is 31.1 Å². The van der Waals surface area contributed by atoms with Crippen LogP contribution in [0.25, 0.3) is 5.57 Å². The Morgan fingerprint density at radius 2 is 1.93 bits per heavy atom. The first-order valence-corrected chi connectivity index (χ1v) is 10.6. The van der Waals surface area contributed by atoms with Gasteiger partial charge >= 0.3 is 0 Å². The molecule has 0 radical (unpaired) electrons. The van der Waals surface area contributed by atoms with Crippen molar-refractivity contribution in [1.82, 2.24) is 4.90 Å². The number of fused-ring (bicyclic) bond motifs is 2. The molecule has 5 heteroatoms. The third kappa shape index (κ3) is 3.59. The SMILES string of the molecule is CN1CCC(=C2c3ccccc3CCc3sc(N(C=O)CCN)cc32)CC1. The van der Waals surface area contributed by atoms with Crippen LogP contribution < -0.4 is 10.6 Å². The summed E-state index contributed by atoms with van der Waals surface area (Å²) < 4.78 is 0. The second kappa shape index (κ2) is 7.97. The van der Waals surface area contributed by atoms with Crippen molar-refractivity contribution in [3.8, 4) is 0 Å². The Morgan fingerprint density at radius 1 is 1.15 bits per heavy atom. The van der Waals surface area contributed by atoms with Crippen LogP contribution in [0.15, 0.2) is 35.9 Å². The molecule has 0 bridgehead atoms. The minimum atomic E-state index is 0.477. The maximum absolute atomic E-state index is 11.6. The number of likely N-dealkylation sites (tertiary alicyclic amines) is 1. The van der Waals surface area contributed by atoms with Crippen LogP contribution in [0, 0.1) is 0 Å². The lowest BCUT2D eigenvalue weighted by atomic mass is 9.88. The Morgan fingerprint density at radius 3 is 2.67 bits per heavy atom. The molecule has 2 aromatic rings. The molecule has 2 heterocycles. The molecule has 27 heavy (non-hydrogen) atoms. The van der Waals surface area contributed by atoms with Gasteiger partial charge < -0.3 is 15.5 Å². The number of carbonyl (C=O) groups excluding carboxylic acids is 1. The van der Waals surface area contributed by atoms with E-state index in [1.54, 1.807) is 21.8 Å². The van der Waals surface area contributed by atoms with Gasteiger partial charge in [-0.2, -0.15) is 0 Å². The fraction of sp³-hybridized carbons (Fsp3) is 0.409. The number of carbonyl (C=O) groups is 1. The lowest BCUT2D eigenvalue weighted by molar-refractivity contribution is -0.107. The molecule has 0 unspecified atom stereocenters. The lowest BCUT2D eigenvalue weighted by Crippen LogP contribution is -2.27. The number of nitrogens with zero attached hydrogens (tertiary/aromatic N) is 2. The van der Waals surface area contributed by atoms with Gasteiger partial charge in [-0.05, 0) is 61.1 Å². The molecule has 1 amide bonds. The third-order valence-electron chi connectivity index (χ3n) is 5.70. The zero-order valence-corrected chi connectivity index (χ0v) is 16.7. The third-order valence-corrected chi connectivity index (χ3v) is 6.93. The van der Waals surface area contributed by atoms with Crippen LogP contribution in [0.1, 0.15) is 34.4 Å². The molecular weight excluding hydrogens is 354 g/mol. The molecule has 142 valence electrons. The zero-order chi connectivity index (χ0) is 18.8. The summed E-state index contributed by atoms with van der Waals surface area (Å²) in [5.41, 5.74) is 12.8. The molecule has 4 rings (SSSR count). The van der Waals surface area contributed by atoms with Crippen LogP contribution in [0.3, 0.4) is 0 Å². The molecule has 1 fully saturated rings. The smallest absolute Gasteiger partial charge is 0.214 e. The Labute approximate surface area is 165 Å². The van der Waals surface area contributed by atoms with Gasteiger partial charge in [0.2, 0.25) is 6.41 Å². The molecule has 1 aromatic carbocycles. The molecule has 1 aliphatic carbocycles. The average molecular weight is 382 g/mol. The molecule has 1 saturated heterocycles. The van der Waals surface area contributed by atoms with E-state index in [-0.39, 0.29) is 0 Å². The number of rotatable bonds is 4. The number of amides is 1. The van der Waals surface area contributed by atoms with E-state index in [4.69, 9.17) is 5.73 Å². The highest BCUT2D eigenvalue weighted by molar-refractivity contribution is 7.16. The highest BCUT2D eigenvalue weighted by atomic mass is 32.1. The standard InChI is InChI=1S/C22H27N3OS/c1-24-11-8-17(9-12-24)22-18-5-3-2-4-16(18)6-7-20-19(22)14-21(27-20)25(15-26)13-10-23/h2-5,14-15H,6-13,23H2,1H3. The van der Waals surface area contributed by atoms with E-state index in [0.29, 0.717) is 13.1 Å². The first-order valence-electron chi connectivity index (χ1n) is 9.75. The summed E-state index contributed by atoms with van der Waals surface area (Å²) in [6, 6.07) is 11.1. The summed E-state index contributed by atoms with van der Waals surface area (Å²) in [6.45, 7) is 3.27. The second-order valence-corrected chi connectivity index (χ2v) is 8.56. The highest BCUT2D eigenvalue weighted by Crippen LogP contribution is 2.43. The van der Waals surface area contributed by atoms with E-state index < -0.39 is 0 Å². The van der Waals surface area contributed by atoms with Crippen molar-refractivity contribution in [2.75, 3.05) is 38.1 Å². The monoisotopic (exact) mass is 381 g/mol. The summed E-state index contributed by atoms with van der Waals surface area (Å²) in [6.07, 6.45) is 5.23. The number of thiophene rings is 1. The van der Waals surface area contributed by atoms with E-state index in [2.05, 4.69) is 42.3 Å². The molecule has 0 atom stereocenters. The number of benzene rings is 1. The van der Waals surface area contributed by atoms with Crippen molar-refractivity contribution in [2.24, 2.45) is 5.73 Å². The van der Waals surface area contributed by atoms with E-state index in [0.717, 1.165) is 50.2 Å². The Hall–Kier alpha value is -1.95. The summed E-state index contributed by atoms with van der Waals surface area (Å²) in [5, 5.41) is 1.02. The van der Waals surface area contributed by atoms with Crippen molar-refractivity contribution in [1.29, 1.82) is 0 Å². The summed E-state index contributed by atoms with van der Waals surface area (Å²) in [4.78, 5) is 17.1. The van der Waals surface area contributed by atoms with E-state index in [9.17, 15) is 4.79 Å². The largest absolute Gasteiger partial charge is 0.329 e. The van der Waals surface area contributed by atoms with E-state index in [1.165, 1.54) is 27.1 Å². The first-order chi connectivity index (χ1) is 13.2. The van der Waals surface area contributed by atoms with Crippen molar-refractivity contribution >= 4 is 28.3 Å². The molecule has 0 saturated carbocycles. The van der Waals surface area contributed by atoms with Gasteiger partial charge in [-0.25, -0.2) is 0 Å². The fourth-order valence-electron chi connectivity index (χ4n) is 4.20. The van der Waals surface area contributed by atoms with Crippen molar-refractivity contribution in [3.63, 3.8) is 0 Å². The van der Waals surface area contributed by atoms with Gasteiger partial charge in [0.05, 0.1) is 5.00 Å². The molecule has 2 aliphatic rings. The molecule has 0 spiro atoms. The number of aryl methyl sites for hydroxylation is 2. The average Bonchev–Trinajstić information content (AvgIpc) is 3.04. The van der Waals surface area contributed by atoms with Crippen molar-refractivity contribution < 1.29 is 4.79 Å². The maximum atomic E-state index is 11.6. The quantitative estimate of drug-likeness (QED) is 0.827. The Balaban J connectivity index is 1.85. The van der Waals surface area contributed by atoms with Gasteiger partial charge in [-0.3, -0.25) is 4.79 Å². The normalized spacial score (nSPS) is 17.3. The molecular formula is C22H27N3OS. The van der Waals surface area contributed by atoms with Crippen LogP contribution in [-0.4, -0.2) is 44.5 Å². The van der Waals surface area contributed by atoms with Crippen LogP contribution in [0.2, 0.25) is 0 Å². The number of piperidine rings is 1. The Kier molecular flexibility index (Phi) is 5.43. The number of nitrogens with two attached hydrogens (primary N) is 1. The zero-order valence-electron chi connectivity index (χ0n) is 15.9. The van der Waals surface area contributed by atoms with Gasteiger partial charge in [-0.1, -0.05) is 29.8 Å². The fourth-order valence-corrected chi connectivity index (χ4v) is 5.36. The van der Waals surface area contributed by atoms with Gasteiger partial charge in [0.15, 0.2) is 0 Å². The van der Waals surface area contributed by atoms with Gasteiger partial charge in [-0.15, -0.1) is 11.3 Å². The lowest BCUT2D eigenvalue weighted by Gasteiger charge is -2.27. The van der Waals surface area contributed by atoms with Crippen molar-refractivity contribution in [2.45, 2.75) is 25.7 Å². The van der Waals surface area contributed by atoms with Crippen LogP contribution in [0.5, 0.6) is 0 Å². The summed E-state index contributed by atoms with van der Waals surface area (Å²) in [7, 11) is 2.20. The predicted molar refractivity (Wildman–Crippen MR) is 113 cm³/mol. The topological polar surface area (TPSA) is 49.6 Å². The number of hydrogen-bond donors (Lipinski definition) is 1. The highest BCUT2D eigenvalue weighted by Gasteiger charge is 2.26.